The van der Waals surface area contributed by atoms with Gasteiger partial charge in [0.2, 0.25) is 0 Å². The number of fused-ring (bicyclic) bond motifs is 1. The van der Waals surface area contributed by atoms with Crippen LogP contribution < -0.4 is 15.4 Å². The zero-order valence-electron chi connectivity index (χ0n) is 7.37. The molecule has 0 radical (unpaired) electrons. The fraction of sp³-hybridized carbons (Fsp3) is 0.400. The highest BCUT2D eigenvalue weighted by Crippen LogP contribution is 2.34. The molecule has 2 heterocycles. The van der Waals surface area contributed by atoms with Crippen LogP contribution in [0.15, 0.2) is 0 Å². The third-order valence-electron chi connectivity index (χ3n) is 1.70. The zero-order chi connectivity index (χ0) is 11.1. The number of hydrogen-bond donors (Lipinski definition) is 3. The first-order valence-electron chi connectivity index (χ1n) is 3.89. The van der Waals surface area contributed by atoms with Gasteiger partial charge < -0.3 is 15.0 Å². The molecule has 0 saturated heterocycles. The summed E-state index contributed by atoms with van der Waals surface area (Å²) >= 11 is 0. The van der Waals surface area contributed by atoms with Gasteiger partial charge in [-0.2, -0.15) is 8.42 Å². The summed E-state index contributed by atoms with van der Waals surface area (Å²) in [5, 5.41) is 12.4. The molecule has 0 spiro atoms. The second-order valence-electron chi connectivity index (χ2n) is 2.69. The van der Waals surface area contributed by atoms with Crippen molar-refractivity contribution in [1.82, 2.24) is 9.78 Å². The van der Waals surface area contributed by atoms with E-state index >= 15 is 0 Å². The van der Waals surface area contributed by atoms with Crippen LogP contribution in [0.2, 0.25) is 0 Å². The van der Waals surface area contributed by atoms with Crippen molar-refractivity contribution >= 4 is 21.9 Å². The van der Waals surface area contributed by atoms with Crippen LogP contribution in [0.1, 0.15) is 0 Å². The molecule has 0 saturated carbocycles. The smallest absolute Gasteiger partial charge is 0.394 e. The largest absolute Gasteiger partial charge is 0.472 e. The monoisotopic (exact) mass is 236 g/mol. The molecule has 9 nitrogen and oxygen atoms in total. The summed E-state index contributed by atoms with van der Waals surface area (Å²) in [6.45, 7) is -0.0533. The Labute approximate surface area is 84.7 Å². The van der Waals surface area contributed by atoms with Gasteiger partial charge in [0.25, 0.3) is 5.88 Å². The van der Waals surface area contributed by atoms with Crippen molar-refractivity contribution < 1.29 is 22.0 Å². The SMILES string of the molecule is Nc1c2c(nn1CCO)OS(=O)(=O)ON2. The van der Waals surface area contributed by atoms with E-state index in [1.54, 1.807) is 0 Å². The molecule has 0 bridgehead atoms. The summed E-state index contributed by atoms with van der Waals surface area (Å²) in [6, 6.07) is 0. The summed E-state index contributed by atoms with van der Waals surface area (Å²) in [6.07, 6.45) is 0. The highest BCUT2D eigenvalue weighted by molar-refractivity contribution is 7.82. The van der Waals surface area contributed by atoms with Gasteiger partial charge in [0.15, 0.2) is 11.5 Å². The quantitative estimate of drug-likeness (QED) is 0.562. The van der Waals surface area contributed by atoms with Crippen LogP contribution in [0.5, 0.6) is 5.88 Å². The average molecular weight is 236 g/mol. The molecule has 0 aromatic carbocycles. The van der Waals surface area contributed by atoms with Gasteiger partial charge in [-0.3, -0.25) is 0 Å². The lowest BCUT2D eigenvalue weighted by Gasteiger charge is -2.12. The van der Waals surface area contributed by atoms with E-state index in [0.29, 0.717) is 0 Å². The Kier molecular flexibility index (Phi) is 2.17. The van der Waals surface area contributed by atoms with Crippen molar-refractivity contribution in [2.24, 2.45) is 0 Å². The first kappa shape index (κ1) is 10.0. The first-order valence-corrected chi connectivity index (χ1v) is 5.23. The van der Waals surface area contributed by atoms with Crippen LogP contribution in [0.3, 0.4) is 0 Å². The Bertz CT molecular complexity index is 480. The van der Waals surface area contributed by atoms with Crippen molar-refractivity contribution in [3.05, 3.63) is 0 Å². The van der Waals surface area contributed by atoms with E-state index in [2.05, 4.69) is 19.0 Å². The average Bonchev–Trinajstić information content (AvgIpc) is 2.42. The summed E-state index contributed by atoms with van der Waals surface area (Å²) in [7, 11) is -4.12. The molecular formula is C5H8N4O5S. The summed E-state index contributed by atoms with van der Waals surface area (Å²) in [5.41, 5.74) is 7.79. The van der Waals surface area contributed by atoms with Crippen LogP contribution in [0, 0.1) is 0 Å². The van der Waals surface area contributed by atoms with Crippen LogP contribution in [-0.2, 0) is 21.2 Å². The minimum Gasteiger partial charge on any atom is -0.394 e. The van der Waals surface area contributed by atoms with E-state index in [0.717, 1.165) is 0 Å². The lowest BCUT2D eigenvalue weighted by molar-refractivity contribution is 0.269. The van der Waals surface area contributed by atoms with Crippen molar-refractivity contribution in [3.63, 3.8) is 0 Å². The highest BCUT2D eigenvalue weighted by Gasteiger charge is 2.29. The molecule has 4 N–H and O–H groups in total. The van der Waals surface area contributed by atoms with Crippen LogP contribution in [0.4, 0.5) is 11.5 Å². The number of hydrogen-bond acceptors (Lipinski definition) is 8. The summed E-state index contributed by atoms with van der Waals surface area (Å²) in [4.78, 5) is 0. The summed E-state index contributed by atoms with van der Waals surface area (Å²) < 4.78 is 31.5. The van der Waals surface area contributed by atoms with Gasteiger partial charge in [-0.1, -0.05) is 0 Å². The van der Waals surface area contributed by atoms with E-state index < -0.39 is 10.4 Å². The molecular weight excluding hydrogens is 228 g/mol. The number of nitrogens with two attached hydrogens (primary N) is 1. The molecule has 0 unspecified atom stereocenters. The molecule has 1 aromatic heterocycles. The van der Waals surface area contributed by atoms with Crippen molar-refractivity contribution in [2.75, 3.05) is 17.8 Å². The fourth-order valence-corrected chi connectivity index (χ4v) is 1.61. The van der Waals surface area contributed by atoms with Crippen molar-refractivity contribution in [1.29, 1.82) is 0 Å². The standard InChI is InChI=1S/C5H8N4O5S/c6-4-3-5(7-9(4)1-2-10)13-15(11,12)14-8-3/h8,10H,1-2,6H2. The number of aliphatic hydroxyl groups excluding tert-OH is 1. The second-order valence-corrected chi connectivity index (χ2v) is 3.84. The first-order chi connectivity index (χ1) is 7.03. The minimum absolute atomic E-state index is 0.119. The topological polar surface area (TPSA) is 129 Å². The Morgan fingerprint density at radius 1 is 1.60 bits per heavy atom. The Hall–Kier alpha value is -1.52. The van der Waals surface area contributed by atoms with Crippen molar-refractivity contribution in [3.8, 4) is 5.88 Å². The maximum Gasteiger partial charge on any atom is 0.472 e. The van der Waals surface area contributed by atoms with Gasteiger partial charge in [0.1, 0.15) is 0 Å². The second kappa shape index (κ2) is 3.25. The molecule has 0 atom stereocenters. The van der Waals surface area contributed by atoms with Crippen LogP contribution in [-0.4, -0.2) is 29.9 Å². The maximum absolute atomic E-state index is 10.8. The normalized spacial score (nSPS) is 17.7. The molecule has 0 fully saturated rings. The molecule has 15 heavy (non-hydrogen) atoms. The van der Waals surface area contributed by atoms with Gasteiger partial charge in [-0.05, 0) is 0 Å². The Morgan fingerprint density at radius 3 is 3.00 bits per heavy atom. The number of nitrogen functional groups attached to an aromatic ring is 1. The number of aromatic nitrogens is 2. The highest BCUT2D eigenvalue weighted by atomic mass is 32.3. The van der Waals surface area contributed by atoms with Gasteiger partial charge in [-0.15, -0.1) is 9.38 Å². The van der Waals surface area contributed by atoms with Gasteiger partial charge >= 0.3 is 10.4 Å². The molecule has 0 aliphatic carbocycles. The van der Waals surface area contributed by atoms with E-state index in [1.165, 1.54) is 4.68 Å². The van der Waals surface area contributed by atoms with E-state index in [9.17, 15) is 8.42 Å². The molecule has 0 amide bonds. The molecule has 1 aliphatic rings. The molecule has 1 aliphatic heterocycles. The number of aliphatic hydroxyl groups is 1. The zero-order valence-corrected chi connectivity index (χ0v) is 8.19. The number of nitrogens with one attached hydrogen (secondary N) is 1. The number of nitrogens with zero attached hydrogens (tertiary/aromatic N) is 2. The molecule has 1 aromatic rings. The predicted molar refractivity (Wildman–Crippen MR) is 48.0 cm³/mol. The van der Waals surface area contributed by atoms with Gasteiger partial charge in [0, 0.05) is 0 Å². The van der Waals surface area contributed by atoms with Crippen LogP contribution in [0.25, 0.3) is 0 Å². The minimum atomic E-state index is -4.12. The third-order valence-corrected chi connectivity index (χ3v) is 2.35. The van der Waals surface area contributed by atoms with E-state index in [1.807, 2.05) is 0 Å². The predicted octanol–water partition coefficient (Wildman–Crippen LogP) is -1.56. The van der Waals surface area contributed by atoms with E-state index in [4.69, 9.17) is 10.8 Å². The lowest BCUT2D eigenvalue weighted by Crippen LogP contribution is -2.22. The van der Waals surface area contributed by atoms with Crippen molar-refractivity contribution in [2.45, 2.75) is 6.54 Å². The Balaban J connectivity index is 2.41. The molecule has 84 valence electrons. The molecule has 2 rings (SSSR count). The van der Waals surface area contributed by atoms with Crippen LogP contribution >= 0.6 is 0 Å². The maximum atomic E-state index is 10.8. The summed E-state index contributed by atoms with van der Waals surface area (Å²) in [5.74, 6) is -0.0823. The third kappa shape index (κ3) is 1.69. The van der Waals surface area contributed by atoms with Gasteiger partial charge in [0.05, 0.1) is 13.2 Å². The number of anilines is 2. The van der Waals surface area contributed by atoms with E-state index in [-0.39, 0.29) is 30.5 Å². The van der Waals surface area contributed by atoms with Gasteiger partial charge in [-0.25, -0.2) is 10.2 Å². The number of rotatable bonds is 2. The fourth-order valence-electron chi connectivity index (χ4n) is 1.08. The Morgan fingerprint density at radius 2 is 2.33 bits per heavy atom. The molecule has 10 heteroatoms. The lowest BCUT2D eigenvalue weighted by atomic mass is 10.5.